The van der Waals surface area contributed by atoms with Crippen molar-refractivity contribution in [2.75, 3.05) is 41.7 Å². The number of rotatable bonds is 8. The molecule has 0 amide bonds. The van der Waals surface area contributed by atoms with Crippen LogP contribution in [0.2, 0.25) is 0 Å². The molecule has 0 spiro atoms. The van der Waals surface area contributed by atoms with Crippen LogP contribution < -0.4 is 23.7 Å². The summed E-state index contributed by atoms with van der Waals surface area (Å²) in [5.41, 5.74) is 0.921. The van der Waals surface area contributed by atoms with Gasteiger partial charge in [0.15, 0.2) is 23.0 Å². The summed E-state index contributed by atoms with van der Waals surface area (Å²) in [5.74, 6) is 2.16. The lowest BCUT2D eigenvalue weighted by atomic mass is 10.1. The second-order valence-corrected chi connectivity index (χ2v) is 8.23. The fraction of sp³-hybridized carbons (Fsp3) is 0.368. The van der Waals surface area contributed by atoms with Crippen molar-refractivity contribution >= 4 is 10.0 Å². The molecule has 3 rings (SSSR count). The van der Waals surface area contributed by atoms with Gasteiger partial charge in [-0.05, 0) is 43.9 Å². The van der Waals surface area contributed by atoms with Gasteiger partial charge in [-0.15, -0.1) is 0 Å². The predicted octanol–water partition coefficient (Wildman–Crippen LogP) is 2.01. The Morgan fingerprint density at radius 3 is 2.43 bits per heavy atom. The first-order valence-electron chi connectivity index (χ1n) is 8.63. The average molecular weight is 408 g/mol. The molecule has 0 bridgehead atoms. The minimum Gasteiger partial charge on any atom is -0.493 e. The zero-order valence-corrected chi connectivity index (χ0v) is 17.1. The van der Waals surface area contributed by atoms with Gasteiger partial charge in [0.2, 0.25) is 16.8 Å². The number of ether oxygens (including phenoxy) is 4. The molecule has 1 heterocycles. The normalized spacial score (nSPS) is 14.2. The molecule has 0 saturated carbocycles. The number of hydrogen-bond donors (Lipinski definition) is 1. The number of nitrogens with zero attached hydrogens (tertiary/aromatic N) is 1. The van der Waals surface area contributed by atoms with Gasteiger partial charge in [0.05, 0.1) is 19.1 Å². The van der Waals surface area contributed by atoms with E-state index in [9.17, 15) is 8.42 Å². The van der Waals surface area contributed by atoms with Crippen molar-refractivity contribution in [2.45, 2.75) is 10.9 Å². The van der Waals surface area contributed by atoms with E-state index in [1.165, 1.54) is 26.4 Å². The highest BCUT2D eigenvalue weighted by molar-refractivity contribution is 7.89. The highest BCUT2D eigenvalue weighted by Gasteiger charge is 2.23. The third kappa shape index (κ3) is 4.16. The second kappa shape index (κ2) is 8.26. The lowest BCUT2D eigenvalue weighted by Gasteiger charge is -2.25. The Morgan fingerprint density at radius 1 is 1.04 bits per heavy atom. The number of fused-ring (bicyclic) bond motifs is 1. The molecule has 1 unspecified atom stereocenters. The summed E-state index contributed by atoms with van der Waals surface area (Å²) in [6.07, 6.45) is 0. The summed E-state index contributed by atoms with van der Waals surface area (Å²) in [7, 11) is 3.00. The van der Waals surface area contributed by atoms with Gasteiger partial charge in [0.1, 0.15) is 0 Å². The van der Waals surface area contributed by atoms with Crippen molar-refractivity contribution in [3.8, 4) is 23.0 Å². The molecule has 1 aliphatic rings. The van der Waals surface area contributed by atoms with Gasteiger partial charge in [-0.2, -0.15) is 0 Å². The molecule has 2 aromatic carbocycles. The van der Waals surface area contributed by atoms with E-state index in [1.54, 1.807) is 6.07 Å². The van der Waals surface area contributed by atoms with Crippen molar-refractivity contribution in [3.63, 3.8) is 0 Å². The summed E-state index contributed by atoms with van der Waals surface area (Å²) in [6, 6.07) is 9.90. The number of sulfonamides is 1. The lowest BCUT2D eigenvalue weighted by molar-refractivity contribution is 0.174. The van der Waals surface area contributed by atoms with Crippen LogP contribution in [0.5, 0.6) is 23.0 Å². The Kier molecular flexibility index (Phi) is 5.97. The van der Waals surface area contributed by atoms with Gasteiger partial charge < -0.3 is 23.8 Å². The van der Waals surface area contributed by atoms with E-state index in [-0.39, 0.29) is 24.3 Å². The largest absolute Gasteiger partial charge is 0.493 e. The molecule has 152 valence electrons. The van der Waals surface area contributed by atoms with E-state index >= 15 is 0 Å². The van der Waals surface area contributed by atoms with Crippen LogP contribution in [0.4, 0.5) is 0 Å². The highest BCUT2D eigenvalue weighted by atomic mass is 32.2. The average Bonchev–Trinajstić information content (AvgIpc) is 3.15. The maximum atomic E-state index is 12.8. The van der Waals surface area contributed by atoms with Crippen LogP contribution in [-0.4, -0.2) is 55.0 Å². The Bertz CT molecular complexity index is 945. The Morgan fingerprint density at radius 2 is 1.75 bits per heavy atom. The minimum atomic E-state index is -3.73. The molecular formula is C19H24N2O6S. The standard InChI is InChI=1S/C19H24N2O6S/c1-21(2)15(13-5-7-17-19(9-13)27-12-26-17)11-20-28(22,23)14-6-8-16(24-3)18(10-14)25-4/h5-10,15,20H,11-12H2,1-4H3. The van der Waals surface area contributed by atoms with Crippen LogP contribution in [-0.2, 0) is 10.0 Å². The lowest BCUT2D eigenvalue weighted by Crippen LogP contribution is -2.34. The molecule has 8 nitrogen and oxygen atoms in total. The number of benzene rings is 2. The molecule has 2 aromatic rings. The van der Waals surface area contributed by atoms with Crippen molar-refractivity contribution in [1.29, 1.82) is 0 Å². The van der Waals surface area contributed by atoms with Crippen LogP contribution in [0, 0.1) is 0 Å². The van der Waals surface area contributed by atoms with E-state index in [0.29, 0.717) is 23.0 Å². The highest BCUT2D eigenvalue weighted by Crippen LogP contribution is 2.35. The molecule has 0 radical (unpaired) electrons. The number of likely N-dealkylation sites (N-methyl/N-ethyl adjacent to an activating group) is 1. The molecule has 28 heavy (non-hydrogen) atoms. The quantitative estimate of drug-likeness (QED) is 0.715. The van der Waals surface area contributed by atoms with Gasteiger partial charge in [0, 0.05) is 18.7 Å². The third-order valence-electron chi connectivity index (χ3n) is 4.54. The first-order chi connectivity index (χ1) is 13.4. The van der Waals surface area contributed by atoms with Crippen molar-refractivity contribution < 1.29 is 27.4 Å². The molecule has 0 aliphatic carbocycles. The van der Waals surface area contributed by atoms with Gasteiger partial charge in [-0.1, -0.05) is 6.07 Å². The molecule has 1 aliphatic heterocycles. The molecule has 0 aromatic heterocycles. The van der Waals surface area contributed by atoms with Crippen LogP contribution in [0.15, 0.2) is 41.3 Å². The van der Waals surface area contributed by atoms with Crippen molar-refractivity contribution in [1.82, 2.24) is 9.62 Å². The molecule has 0 fully saturated rings. The summed E-state index contributed by atoms with van der Waals surface area (Å²) in [4.78, 5) is 2.04. The van der Waals surface area contributed by atoms with Gasteiger partial charge in [-0.25, -0.2) is 13.1 Å². The Balaban J connectivity index is 1.79. The molecule has 9 heteroatoms. The summed E-state index contributed by atoms with van der Waals surface area (Å²) >= 11 is 0. The van der Waals surface area contributed by atoms with Crippen LogP contribution in [0.25, 0.3) is 0 Å². The summed E-state index contributed by atoms with van der Waals surface area (Å²) < 4.78 is 49.3. The number of nitrogens with one attached hydrogen (secondary N) is 1. The zero-order valence-electron chi connectivity index (χ0n) is 16.3. The zero-order chi connectivity index (χ0) is 20.3. The maximum Gasteiger partial charge on any atom is 0.240 e. The maximum absolute atomic E-state index is 12.8. The fourth-order valence-corrected chi connectivity index (χ4v) is 4.03. The summed E-state index contributed by atoms with van der Waals surface area (Å²) in [6.45, 7) is 0.376. The van der Waals surface area contributed by atoms with Crippen molar-refractivity contribution in [2.24, 2.45) is 0 Å². The molecular weight excluding hydrogens is 384 g/mol. The first-order valence-corrected chi connectivity index (χ1v) is 10.1. The van der Waals surface area contributed by atoms with E-state index in [0.717, 1.165) is 5.56 Å². The van der Waals surface area contributed by atoms with Gasteiger partial charge >= 0.3 is 0 Å². The topological polar surface area (TPSA) is 86.3 Å². The molecule has 0 saturated heterocycles. The van der Waals surface area contributed by atoms with Gasteiger partial charge in [0.25, 0.3) is 0 Å². The predicted molar refractivity (Wildman–Crippen MR) is 104 cm³/mol. The second-order valence-electron chi connectivity index (χ2n) is 6.46. The molecule has 1 atom stereocenters. The SMILES string of the molecule is COc1ccc(S(=O)(=O)NCC(c2ccc3c(c2)OCO3)N(C)C)cc1OC. The van der Waals surface area contributed by atoms with Crippen molar-refractivity contribution in [3.05, 3.63) is 42.0 Å². The fourth-order valence-electron chi connectivity index (χ4n) is 2.97. The van der Waals surface area contributed by atoms with Crippen LogP contribution in [0.3, 0.4) is 0 Å². The minimum absolute atomic E-state index is 0.105. The van der Waals surface area contributed by atoms with E-state index in [4.69, 9.17) is 18.9 Å². The van der Waals surface area contributed by atoms with Crippen LogP contribution >= 0.6 is 0 Å². The Labute approximate surface area is 165 Å². The van der Waals surface area contributed by atoms with E-state index < -0.39 is 10.0 Å². The van der Waals surface area contributed by atoms with E-state index in [1.807, 2.05) is 37.2 Å². The van der Waals surface area contributed by atoms with Crippen LogP contribution in [0.1, 0.15) is 11.6 Å². The van der Waals surface area contributed by atoms with E-state index in [2.05, 4.69) is 4.72 Å². The smallest absolute Gasteiger partial charge is 0.240 e. The van der Waals surface area contributed by atoms with Gasteiger partial charge in [-0.3, -0.25) is 0 Å². The Hall–Kier alpha value is -2.49. The first kappa shape index (κ1) is 20.2. The molecule has 1 N–H and O–H groups in total. The number of hydrogen-bond acceptors (Lipinski definition) is 7. The number of methoxy groups -OCH3 is 2. The third-order valence-corrected chi connectivity index (χ3v) is 5.96. The monoisotopic (exact) mass is 408 g/mol. The summed E-state index contributed by atoms with van der Waals surface area (Å²) in [5, 5.41) is 0.